The van der Waals surface area contributed by atoms with Crippen LogP contribution in [0.5, 0.6) is 0 Å². The maximum Gasteiger partial charge on any atom is 0.238 e. The van der Waals surface area contributed by atoms with Crippen molar-refractivity contribution >= 4 is 38.3 Å². The molecule has 0 saturated carbocycles. The van der Waals surface area contributed by atoms with Crippen molar-refractivity contribution in [2.45, 2.75) is 12.7 Å². The Hall–Kier alpha value is -2.87. The first-order chi connectivity index (χ1) is 11.4. The highest BCUT2D eigenvalue weighted by molar-refractivity contribution is 7.91. The number of fused-ring (bicyclic) bond motifs is 1. The predicted octanol–water partition coefficient (Wildman–Crippen LogP) is 2.73. The first-order valence-corrected chi connectivity index (χ1v) is 8.80. The molecule has 0 unspecified atom stereocenters. The normalized spacial score (nSPS) is 11.4. The fourth-order valence-electron chi connectivity index (χ4n) is 2.26. The molecule has 2 N–H and O–H groups in total. The van der Waals surface area contributed by atoms with Gasteiger partial charge in [-0.25, -0.2) is 8.42 Å². The third-order valence-electron chi connectivity index (χ3n) is 3.26. The van der Waals surface area contributed by atoms with Gasteiger partial charge in [0, 0.05) is 23.7 Å². The van der Waals surface area contributed by atoms with Crippen LogP contribution in [0.4, 0.5) is 11.4 Å². The van der Waals surface area contributed by atoms with E-state index in [-0.39, 0.29) is 11.7 Å². The second-order valence-electron chi connectivity index (χ2n) is 5.25. The number of amides is 1. The number of para-hydroxylation sites is 1. The topological polar surface area (TPSA) is 101 Å². The van der Waals surface area contributed by atoms with Crippen molar-refractivity contribution < 1.29 is 17.7 Å². The van der Waals surface area contributed by atoms with Crippen LogP contribution in [0.2, 0.25) is 0 Å². The molecule has 7 nitrogen and oxygen atoms in total. The van der Waals surface area contributed by atoms with Crippen molar-refractivity contribution in [3.05, 3.63) is 54.2 Å². The van der Waals surface area contributed by atoms with E-state index in [1.54, 1.807) is 48.5 Å². The SMILES string of the molecule is CC(=O)Nc1ccc(NS(=O)(=O)Cc2noc3ccccc23)cc1. The molecular weight excluding hydrogens is 330 g/mol. The Balaban J connectivity index is 1.75. The highest BCUT2D eigenvalue weighted by Crippen LogP contribution is 2.21. The summed E-state index contributed by atoms with van der Waals surface area (Å²) in [5, 5.41) is 7.11. The van der Waals surface area contributed by atoms with Gasteiger partial charge in [0.1, 0.15) is 11.4 Å². The Morgan fingerprint density at radius 2 is 1.75 bits per heavy atom. The fraction of sp³-hybridized carbons (Fsp3) is 0.125. The standard InChI is InChI=1S/C16H15N3O4S/c1-11(20)17-12-6-8-13(9-7-12)19-24(21,22)10-15-14-4-2-3-5-16(14)23-18-15/h2-9,19H,10H2,1H3,(H,17,20). The number of aromatic nitrogens is 1. The molecule has 0 aliphatic rings. The van der Waals surface area contributed by atoms with Crippen LogP contribution < -0.4 is 10.0 Å². The van der Waals surface area contributed by atoms with Gasteiger partial charge in [-0.3, -0.25) is 9.52 Å². The van der Waals surface area contributed by atoms with Crippen LogP contribution in [0.1, 0.15) is 12.6 Å². The van der Waals surface area contributed by atoms with E-state index in [4.69, 9.17) is 4.52 Å². The number of anilines is 2. The first kappa shape index (κ1) is 16.0. The summed E-state index contributed by atoms with van der Waals surface area (Å²) in [5.74, 6) is -0.487. The number of carbonyl (C=O) groups is 1. The van der Waals surface area contributed by atoms with Gasteiger partial charge in [-0.15, -0.1) is 0 Å². The van der Waals surface area contributed by atoms with Crippen LogP contribution in [0.15, 0.2) is 53.1 Å². The molecule has 1 aromatic heterocycles. The lowest BCUT2D eigenvalue weighted by atomic mass is 10.2. The molecular formula is C16H15N3O4S. The van der Waals surface area contributed by atoms with Crippen LogP contribution in [0.25, 0.3) is 11.0 Å². The van der Waals surface area contributed by atoms with Gasteiger partial charge in [-0.2, -0.15) is 0 Å². The molecule has 0 aliphatic carbocycles. The molecule has 1 heterocycles. The molecule has 3 rings (SSSR count). The van der Waals surface area contributed by atoms with Gasteiger partial charge in [0.05, 0.1) is 0 Å². The maximum atomic E-state index is 12.3. The lowest BCUT2D eigenvalue weighted by Gasteiger charge is -2.08. The summed E-state index contributed by atoms with van der Waals surface area (Å²) in [6.45, 7) is 1.40. The summed E-state index contributed by atoms with van der Waals surface area (Å²) in [5.41, 5.74) is 1.89. The van der Waals surface area contributed by atoms with Gasteiger partial charge in [0.15, 0.2) is 5.58 Å². The van der Waals surface area contributed by atoms with Gasteiger partial charge < -0.3 is 9.84 Å². The fourth-order valence-corrected chi connectivity index (χ4v) is 3.40. The number of sulfonamides is 1. The molecule has 0 radical (unpaired) electrons. The minimum atomic E-state index is -3.64. The Morgan fingerprint density at radius 1 is 1.08 bits per heavy atom. The molecule has 0 bridgehead atoms. The number of nitrogens with zero attached hydrogens (tertiary/aromatic N) is 1. The van der Waals surface area contributed by atoms with Crippen LogP contribution in [0.3, 0.4) is 0 Å². The summed E-state index contributed by atoms with van der Waals surface area (Å²) < 4.78 is 32.2. The van der Waals surface area contributed by atoms with E-state index in [9.17, 15) is 13.2 Å². The van der Waals surface area contributed by atoms with E-state index < -0.39 is 10.0 Å². The lowest BCUT2D eigenvalue weighted by molar-refractivity contribution is -0.114. The van der Waals surface area contributed by atoms with Crippen LogP contribution in [-0.4, -0.2) is 19.5 Å². The third-order valence-corrected chi connectivity index (χ3v) is 4.46. The van der Waals surface area contributed by atoms with Crippen LogP contribution in [-0.2, 0) is 20.6 Å². The van der Waals surface area contributed by atoms with Crippen molar-refractivity contribution in [3.8, 4) is 0 Å². The van der Waals surface area contributed by atoms with Crippen molar-refractivity contribution in [2.75, 3.05) is 10.0 Å². The molecule has 124 valence electrons. The average Bonchev–Trinajstić information content (AvgIpc) is 2.91. The van der Waals surface area contributed by atoms with Gasteiger partial charge in [-0.05, 0) is 36.4 Å². The van der Waals surface area contributed by atoms with E-state index in [2.05, 4.69) is 15.2 Å². The van der Waals surface area contributed by atoms with E-state index in [1.165, 1.54) is 6.92 Å². The average molecular weight is 345 g/mol. The Kier molecular flexibility index (Phi) is 4.22. The van der Waals surface area contributed by atoms with Gasteiger partial charge in [-0.1, -0.05) is 17.3 Å². The van der Waals surface area contributed by atoms with E-state index in [0.29, 0.717) is 28.0 Å². The van der Waals surface area contributed by atoms with Gasteiger partial charge in [0.25, 0.3) is 0 Å². The number of benzene rings is 2. The summed E-state index contributed by atoms with van der Waals surface area (Å²) in [6.07, 6.45) is 0. The third kappa shape index (κ3) is 3.72. The highest BCUT2D eigenvalue weighted by atomic mass is 32.2. The zero-order chi connectivity index (χ0) is 17.2. The number of rotatable bonds is 5. The Labute approximate surface area is 138 Å². The first-order valence-electron chi connectivity index (χ1n) is 7.14. The van der Waals surface area contributed by atoms with Gasteiger partial charge in [0.2, 0.25) is 15.9 Å². The lowest BCUT2D eigenvalue weighted by Crippen LogP contribution is -2.15. The number of hydrogen-bond acceptors (Lipinski definition) is 5. The number of hydrogen-bond donors (Lipinski definition) is 2. The van der Waals surface area contributed by atoms with E-state index in [0.717, 1.165) is 0 Å². The van der Waals surface area contributed by atoms with Crippen LogP contribution in [0, 0.1) is 0 Å². The molecule has 1 amide bonds. The van der Waals surface area contributed by atoms with Crippen molar-refractivity contribution in [1.82, 2.24) is 5.16 Å². The highest BCUT2D eigenvalue weighted by Gasteiger charge is 2.17. The minimum Gasteiger partial charge on any atom is -0.356 e. The van der Waals surface area contributed by atoms with Crippen molar-refractivity contribution in [2.24, 2.45) is 0 Å². The van der Waals surface area contributed by atoms with E-state index in [1.807, 2.05) is 0 Å². The zero-order valence-corrected chi connectivity index (χ0v) is 13.6. The number of carbonyl (C=O) groups excluding carboxylic acids is 1. The molecule has 2 aromatic carbocycles. The Bertz CT molecular complexity index is 978. The minimum absolute atomic E-state index is 0.193. The van der Waals surface area contributed by atoms with Crippen molar-refractivity contribution in [1.29, 1.82) is 0 Å². The molecule has 8 heteroatoms. The maximum absolute atomic E-state index is 12.3. The van der Waals surface area contributed by atoms with Crippen LogP contribution >= 0.6 is 0 Å². The number of nitrogens with one attached hydrogen (secondary N) is 2. The Morgan fingerprint density at radius 3 is 2.46 bits per heavy atom. The predicted molar refractivity (Wildman–Crippen MR) is 91.0 cm³/mol. The molecule has 0 spiro atoms. The summed E-state index contributed by atoms with van der Waals surface area (Å²) in [7, 11) is -3.64. The molecule has 0 atom stereocenters. The zero-order valence-electron chi connectivity index (χ0n) is 12.8. The summed E-state index contributed by atoms with van der Waals surface area (Å²) >= 11 is 0. The molecule has 0 saturated heterocycles. The van der Waals surface area contributed by atoms with Crippen molar-refractivity contribution in [3.63, 3.8) is 0 Å². The summed E-state index contributed by atoms with van der Waals surface area (Å²) in [4.78, 5) is 11.0. The quantitative estimate of drug-likeness (QED) is 0.740. The second kappa shape index (κ2) is 6.32. The molecule has 24 heavy (non-hydrogen) atoms. The van der Waals surface area contributed by atoms with Gasteiger partial charge >= 0.3 is 0 Å². The molecule has 0 fully saturated rings. The second-order valence-corrected chi connectivity index (χ2v) is 6.97. The summed E-state index contributed by atoms with van der Waals surface area (Å²) in [6, 6.07) is 13.5. The molecule has 0 aliphatic heterocycles. The van der Waals surface area contributed by atoms with E-state index >= 15 is 0 Å². The molecule has 3 aromatic rings. The monoisotopic (exact) mass is 345 g/mol. The largest absolute Gasteiger partial charge is 0.356 e. The smallest absolute Gasteiger partial charge is 0.238 e.